The second-order valence-electron chi connectivity index (χ2n) is 4.32. The van der Waals surface area contributed by atoms with Crippen molar-refractivity contribution in [2.75, 3.05) is 7.11 Å². The molecule has 2 aromatic rings. The minimum absolute atomic E-state index is 0.176. The van der Waals surface area contributed by atoms with Crippen LogP contribution in [0.5, 0.6) is 17.2 Å². The van der Waals surface area contributed by atoms with Crippen LogP contribution in [-0.4, -0.2) is 12.2 Å². The lowest BCUT2D eigenvalue weighted by Gasteiger charge is -2.14. The van der Waals surface area contributed by atoms with Crippen molar-refractivity contribution >= 4 is 11.6 Å². The molecule has 2 aromatic carbocycles. The van der Waals surface area contributed by atoms with Gasteiger partial charge < -0.3 is 14.6 Å². The maximum Gasteiger partial charge on any atom is 0.169 e. The molecular formula is C16H17ClO3. The second kappa shape index (κ2) is 6.64. The molecule has 4 heteroatoms. The van der Waals surface area contributed by atoms with E-state index < -0.39 is 0 Å². The summed E-state index contributed by atoms with van der Waals surface area (Å²) in [6.45, 7) is 1.90. The van der Waals surface area contributed by atoms with Gasteiger partial charge in [-0.15, -0.1) is 0 Å². The lowest BCUT2D eigenvalue weighted by atomic mass is 10.1. The van der Waals surface area contributed by atoms with Gasteiger partial charge in [-0.1, -0.05) is 30.7 Å². The molecule has 0 aliphatic heterocycles. The highest BCUT2D eigenvalue weighted by atomic mass is 35.5. The van der Waals surface area contributed by atoms with E-state index in [1.165, 1.54) is 5.56 Å². The molecule has 0 atom stereocenters. The molecule has 0 aliphatic carbocycles. The highest BCUT2D eigenvalue weighted by Crippen LogP contribution is 2.35. The number of aliphatic hydroxyl groups excluding tert-OH is 1. The van der Waals surface area contributed by atoms with Crippen LogP contribution in [0.25, 0.3) is 0 Å². The zero-order valence-electron chi connectivity index (χ0n) is 11.5. The van der Waals surface area contributed by atoms with Crippen molar-refractivity contribution in [1.82, 2.24) is 0 Å². The molecule has 106 valence electrons. The van der Waals surface area contributed by atoms with Crippen LogP contribution in [-0.2, 0) is 13.0 Å². The largest absolute Gasteiger partial charge is 0.493 e. The molecule has 0 bridgehead atoms. The van der Waals surface area contributed by atoms with Crippen molar-refractivity contribution in [2.24, 2.45) is 0 Å². The Hall–Kier alpha value is -1.71. The summed E-state index contributed by atoms with van der Waals surface area (Å²) in [5, 5.41) is 9.87. The Kier molecular flexibility index (Phi) is 4.88. The number of hydrogen-bond acceptors (Lipinski definition) is 3. The van der Waals surface area contributed by atoms with Gasteiger partial charge in [-0.3, -0.25) is 0 Å². The molecule has 0 spiro atoms. The van der Waals surface area contributed by atoms with Gasteiger partial charge in [0.15, 0.2) is 11.5 Å². The molecule has 0 aliphatic rings. The van der Waals surface area contributed by atoms with Crippen LogP contribution < -0.4 is 9.47 Å². The Bertz CT molecular complexity index is 596. The van der Waals surface area contributed by atoms with E-state index in [4.69, 9.17) is 21.1 Å². The minimum Gasteiger partial charge on any atom is -0.493 e. The fourth-order valence-corrected chi connectivity index (χ4v) is 2.15. The Morgan fingerprint density at radius 3 is 2.55 bits per heavy atom. The van der Waals surface area contributed by atoms with Crippen molar-refractivity contribution in [1.29, 1.82) is 0 Å². The van der Waals surface area contributed by atoms with Gasteiger partial charge in [0, 0.05) is 10.6 Å². The van der Waals surface area contributed by atoms with E-state index in [-0.39, 0.29) is 6.61 Å². The first-order valence-corrected chi connectivity index (χ1v) is 6.80. The van der Waals surface area contributed by atoms with Gasteiger partial charge in [0.2, 0.25) is 0 Å². The third-order valence-electron chi connectivity index (χ3n) is 3.09. The van der Waals surface area contributed by atoms with E-state index in [2.05, 4.69) is 6.92 Å². The predicted molar refractivity (Wildman–Crippen MR) is 79.8 cm³/mol. The van der Waals surface area contributed by atoms with Crippen LogP contribution >= 0.6 is 11.6 Å². The molecule has 20 heavy (non-hydrogen) atoms. The maximum absolute atomic E-state index is 9.39. The molecule has 1 N–H and O–H groups in total. The lowest BCUT2D eigenvalue weighted by Crippen LogP contribution is -1.96. The third-order valence-corrected chi connectivity index (χ3v) is 3.44. The van der Waals surface area contributed by atoms with Crippen LogP contribution in [0.1, 0.15) is 18.1 Å². The Labute approximate surface area is 123 Å². The summed E-state index contributed by atoms with van der Waals surface area (Å²) >= 11 is 6.05. The number of aliphatic hydroxyl groups is 1. The molecule has 0 heterocycles. The maximum atomic E-state index is 9.39. The van der Waals surface area contributed by atoms with Gasteiger partial charge in [-0.05, 0) is 36.2 Å². The van der Waals surface area contributed by atoms with Crippen molar-refractivity contribution in [3.8, 4) is 17.2 Å². The van der Waals surface area contributed by atoms with Crippen LogP contribution in [0, 0.1) is 0 Å². The summed E-state index contributed by atoms with van der Waals surface area (Å²) in [6, 6.07) is 11.1. The average Bonchev–Trinajstić information content (AvgIpc) is 2.48. The summed E-state index contributed by atoms with van der Waals surface area (Å²) in [7, 11) is 1.60. The van der Waals surface area contributed by atoms with Gasteiger partial charge in [-0.2, -0.15) is 0 Å². The zero-order chi connectivity index (χ0) is 14.5. The van der Waals surface area contributed by atoms with E-state index in [1.807, 2.05) is 18.2 Å². The molecule has 0 radical (unpaired) electrons. The Morgan fingerprint density at radius 2 is 1.90 bits per heavy atom. The standard InChI is InChI=1S/C16H17ClO3/c1-3-11-7-8-15(16(9-11)19-2)20-14-6-4-5-13(17)12(14)10-18/h4-9,18H,3,10H2,1-2H3. The minimum atomic E-state index is -0.176. The van der Waals surface area contributed by atoms with Gasteiger partial charge >= 0.3 is 0 Å². The highest BCUT2D eigenvalue weighted by molar-refractivity contribution is 6.31. The van der Waals surface area contributed by atoms with E-state index in [0.717, 1.165) is 6.42 Å². The SMILES string of the molecule is CCc1ccc(Oc2cccc(Cl)c2CO)c(OC)c1. The summed E-state index contributed by atoms with van der Waals surface area (Å²) in [5.74, 6) is 1.79. The lowest BCUT2D eigenvalue weighted by molar-refractivity contribution is 0.276. The van der Waals surface area contributed by atoms with Crippen LogP contribution in [0.2, 0.25) is 5.02 Å². The van der Waals surface area contributed by atoms with E-state index >= 15 is 0 Å². The first-order valence-electron chi connectivity index (χ1n) is 6.42. The quantitative estimate of drug-likeness (QED) is 0.898. The van der Waals surface area contributed by atoms with E-state index in [1.54, 1.807) is 25.3 Å². The van der Waals surface area contributed by atoms with Gasteiger partial charge in [0.05, 0.1) is 13.7 Å². The first-order chi connectivity index (χ1) is 9.69. The number of methoxy groups -OCH3 is 1. The van der Waals surface area contributed by atoms with E-state index in [9.17, 15) is 5.11 Å². The third kappa shape index (κ3) is 3.06. The summed E-state index contributed by atoms with van der Waals surface area (Å²) in [6.07, 6.45) is 0.926. The van der Waals surface area contributed by atoms with Crippen molar-refractivity contribution in [2.45, 2.75) is 20.0 Å². The van der Waals surface area contributed by atoms with Crippen molar-refractivity contribution in [3.63, 3.8) is 0 Å². The van der Waals surface area contributed by atoms with Gasteiger partial charge in [-0.25, -0.2) is 0 Å². The van der Waals surface area contributed by atoms with Gasteiger partial charge in [0.1, 0.15) is 5.75 Å². The zero-order valence-corrected chi connectivity index (χ0v) is 12.3. The molecule has 0 amide bonds. The number of benzene rings is 2. The van der Waals surface area contributed by atoms with E-state index in [0.29, 0.717) is 27.8 Å². The smallest absolute Gasteiger partial charge is 0.169 e. The number of ether oxygens (including phenoxy) is 2. The average molecular weight is 293 g/mol. The molecule has 0 saturated carbocycles. The van der Waals surface area contributed by atoms with Crippen LogP contribution in [0.4, 0.5) is 0 Å². The molecule has 0 fully saturated rings. The van der Waals surface area contributed by atoms with Crippen LogP contribution in [0.15, 0.2) is 36.4 Å². The van der Waals surface area contributed by atoms with Crippen molar-refractivity contribution in [3.05, 3.63) is 52.5 Å². The first kappa shape index (κ1) is 14.7. The second-order valence-corrected chi connectivity index (χ2v) is 4.72. The number of halogens is 1. The van der Waals surface area contributed by atoms with Gasteiger partial charge in [0.25, 0.3) is 0 Å². The molecule has 0 saturated heterocycles. The Balaban J connectivity index is 2.37. The Morgan fingerprint density at radius 1 is 1.10 bits per heavy atom. The molecule has 0 aromatic heterocycles. The monoisotopic (exact) mass is 292 g/mol. The molecule has 0 unspecified atom stereocenters. The van der Waals surface area contributed by atoms with Crippen molar-refractivity contribution < 1.29 is 14.6 Å². The van der Waals surface area contributed by atoms with Crippen LogP contribution in [0.3, 0.4) is 0 Å². The highest BCUT2D eigenvalue weighted by Gasteiger charge is 2.11. The summed E-state index contributed by atoms with van der Waals surface area (Å²) < 4.78 is 11.2. The molecular weight excluding hydrogens is 276 g/mol. The predicted octanol–water partition coefficient (Wildman–Crippen LogP) is 4.20. The topological polar surface area (TPSA) is 38.7 Å². The fourth-order valence-electron chi connectivity index (χ4n) is 1.92. The summed E-state index contributed by atoms with van der Waals surface area (Å²) in [4.78, 5) is 0. The summed E-state index contributed by atoms with van der Waals surface area (Å²) in [5.41, 5.74) is 1.73. The molecule has 3 nitrogen and oxygen atoms in total. The number of rotatable bonds is 5. The fraction of sp³-hybridized carbons (Fsp3) is 0.250. The number of aryl methyl sites for hydroxylation is 1. The number of hydrogen-bond donors (Lipinski definition) is 1. The normalized spacial score (nSPS) is 10.4. The molecule has 2 rings (SSSR count).